The van der Waals surface area contributed by atoms with E-state index in [4.69, 9.17) is 9.47 Å². The molecule has 3 rings (SSSR count). The Labute approximate surface area is 184 Å². The largest absolute Gasteiger partial charge is 0.494 e. The number of halogens is 3. The maximum Gasteiger partial charge on any atom is 0.421 e. The molecule has 170 valence electrons. The molecule has 0 atom stereocenters. The Morgan fingerprint density at radius 2 is 1.69 bits per heavy atom. The van der Waals surface area contributed by atoms with Crippen LogP contribution in [-0.4, -0.2) is 23.2 Å². The van der Waals surface area contributed by atoms with Gasteiger partial charge in [-0.1, -0.05) is 19.9 Å². The molecule has 9 heteroatoms. The van der Waals surface area contributed by atoms with Crippen molar-refractivity contribution in [2.45, 2.75) is 26.9 Å². The summed E-state index contributed by atoms with van der Waals surface area (Å²) >= 11 is 0. The van der Waals surface area contributed by atoms with E-state index in [0.717, 1.165) is 6.20 Å². The van der Waals surface area contributed by atoms with Gasteiger partial charge in [0.1, 0.15) is 22.9 Å². The van der Waals surface area contributed by atoms with E-state index in [9.17, 15) is 13.2 Å². The van der Waals surface area contributed by atoms with E-state index in [0.29, 0.717) is 42.0 Å². The van der Waals surface area contributed by atoms with E-state index in [1.165, 1.54) is 0 Å². The standard InChI is InChI=1S/C23H25F3N4O2/c1-4-31-19-7-5-6-17(12-19)28-21-20(23(24,25)26)13-27-22(30-21)29-16-8-10-18(11-9-16)32-14-15(2)3/h5-13,15H,4,14H2,1-3H3,(H2,27,28,29,30). The summed E-state index contributed by atoms with van der Waals surface area (Å²) in [6.45, 7) is 6.97. The summed E-state index contributed by atoms with van der Waals surface area (Å²) in [5, 5.41) is 5.65. The van der Waals surface area contributed by atoms with Crippen LogP contribution in [0.15, 0.2) is 54.7 Å². The third-order valence-electron chi connectivity index (χ3n) is 4.20. The molecule has 32 heavy (non-hydrogen) atoms. The van der Waals surface area contributed by atoms with E-state index >= 15 is 0 Å². The van der Waals surface area contributed by atoms with Crippen LogP contribution in [0.1, 0.15) is 26.3 Å². The number of hydrogen-bond acceptors (Lipinski definition) is 6. The molecule has 0 fully saturated rings. The van der Waals surface area contributed by atoms with Crippen molar-refractivity contribution in [3.63, 3.8) is 0 Å². The molecule has 0 saturated heterocycles. The summed E-state index contributed by atoms with van der Waals surface area (Å²) in [7, 11) is 0. The van der Waals surface area contributed by atoms with Gasteiger partial charge in [-0.25, -0.2) is 4.98 Å². The van der Waals surface area contributed by atoms with E-state index in [1.807, 2.05) is 6.92 Å². The lowest BCUT2D eigenvalue weighted by atomic mass is 10.2. The minimum atomic E-state index is -4.62. The van der Waals surface area contributed by atoms with Gasteiger partial charge in [0.25, 0.3) is 0 Å². The number of aromatic nitrogens is 2. The number of anilines is 4. The smallest absolute Gasteiger partial charge is 0.421 e. The fraction of sp³-hybridized carbons (Fsp3) is 0.304. The Kier molecular flexibility index (Phi) is 7.40. The van der Waals surface area contributed by atoms with Gasteiger partial charge in [0.05, 0.1) is 13.2 Å². The van der Waals surface area contributed by atoms with Crippen LogP contribution < -0.4 is 20.1 Å². The van der Waals surface area contributed by atoms with Gasteiger partial charge in [0.2, 0.25) is 5.95 Å². The van der Waals surface area contributed by atoms with Gasteiger partial charge < -0.3 is 20.1 Å². The van der Waals surface area contributed by atoms with Crippen LogP contribution in [0.4, 0.5) is 36.3 Å². The van der Waals surface area contributed by atoms with Crippen LogP contribution in [0.2, 0.25) is 0 Å². The molecule has 6 nitrogen and oxygen atoms in total. The van der Waals surface area contributed by atoms with Crippen molar-refractivity contribution in [1.29, 1.82) is 0 Å². The fourth-order valence-electron chi connectivity index (χ4n) is 2.74. The first-order valence-electron chi connectivity index (χ1n) is 10.2. The Balaban J connectivity index is 1.82. The Morgan fingerprint density at radius 3 is 2.34 bits per heavy atom. The lowest BCUT2D eigenvalue weighted by Crippen LogP contribution is -2.12. The van der Waals surface area contributed by atoms with Gasteiger partial charge in [0, 0.05) is 23.6 Å². The lowest BCUT2D eigenvalue weighted by molar-refractivity contribution is -0.137. The van der Waals surface area contributed by atoms with Crippen LogP contribution >= 0.6 is 0 Å². The molecule has 0 spiro atoms. The van der Waals surface area contributed by atoms with Gasteiger partial charge in [-0.15, -0.1) is 0 Å². The molecule has 0 aliphatic heterocycles. The Morgan fingerprint density at radius 1 is 0.938 bits per heavy atom. The average molecular weight is 446 g/mol. The first kappa shape index (κ1) is 23.2. The molecule has 0 aliphatic rings. The summed E-state index contributed by atoms with van der Waals surface area (Å²) in [4.78, 5) is 7.90. The van der Waals surface area contributed by atoms with Crippen molar-refractivity contribution in [2.24, 2.45) is 5.92 Å². The van der Waals surface area contributed by atoms with E-state index in [-0.39, 0.29) is 11.8 Å². The Hall–Kier alpha value is -3.49. The zero-order valence-electron chi connectivity index (χ0n) is 18.0. The van der Waals surface area contributed by atoms with Gasteiger partial charge in [-0.05, 0) is 49.2 Å². The molecule has 0 aliphatic carbocycles. The zero-order chi connectivity index (χ0) is 23.1. The molecule has 2 aromatic carbocycles. The number of alkyl halides is 3. The summed E-state index contributed by atoms with van der Waals surface area (Å²) in [6.07, 6.45) is -3.86. The SMILES string of the molecule is CCOc1cccc(Nc2nc(Nc3ccc(OCC(C)C)cc3)ncc2C(F)(F)F)c1. The highest BCUT2D eigenvalue weighted by Crippen LogP contribution is 2.35. The highest BCUT2D eigenvalue weighted by Gasteiger charge is 2.35. The van der Waals surface area contributed by atoms with E-state index < -0.39 is 11.7 Å². The summed E-state index contributed by atoms with van der Waals surface area (Å²) in [5.41, 5.74) is 0.0611. The summed E-state index contributed by atoms with van der Waals surface area (Å²) in [5.74, 6) is 1.30. The van der Waals surface area contributed by atoms with E-state index in [2.05, 4.69) is 34.4 Å². The lowest BCUT2D eigenvalue weighted by Gasteiger charge is -2.15. The molecule has 3 aromatic rings. The maximum absolute atomic E-state index is 13.5. The topological polar surface area (TPSA) is 68.3 Å². The Bertz CT molecular complexity index is 1020. The molecule has 1 aromatic heterocycles. The quantitative estimate of drug-likeness (QED) is 0.396. The number of rotatable bonds is 9. The van der Waals surface area contributed by atoms with Crippen molar-refractivity contribution < 1.29 is 22.6 Å². The third kappa shape index (κ3) is 6.50. The zero-order valence-corrected chi connectivity index (χ0v) is 18.0. The first-order valence-corrected chi connectivity index (χ1v) is 10.2. The second-order valence-corrected chi connectivity index (χ2v) is 7.39. The van der Waals surface area contributed by atoms with Crippen molar-refractivity contribution in [1.82, 2.24) is 9.97 Å². The van der Waals surface area contributed by atoms with Gasteiger partial charge in [-0.3, -0.25) is 0 Å². The number of hydrogen-bond donors (Lipinski definition) is 2. The van der Waals surface area contributed by atoms with Crippen LogP contribution in [0.5, 0.6) is 11.5 Å². The number of ether oxygens (including phenoxy) is 2. The van der Waals surface area contributed by atoms with Crippen LogP contribution in [0.3, 0.4) is 0 Å². The molecule has 0 amide bonds. The highest BCUT2D eigenvalue weighted by molar-refractivity contribution is 5.64. The minimum Gasteiger partial charge on any atom is -0.494 e. The molecular formula is C23H25F3N4O2. The second kappa shape index (κ2) is 10.2. The summed E-state index contributed by atoms with van der Waals surface area (Å²) in [6, 6.07) is 13.7. The third-order valence-corrected chi connectivity index (χ3v) is 4.20. The normalized spacial score (nSPS) is 11.3. The molecule has 1 heterocycles. The number of nitrogens with zero attached hydrogens (tertiary/aromatic N) is 2. The predicted molar refractivity (Wildman–Crippen MR) is 118 cm³/mol. The molecule has 0 bridgehead atoms. The molecular weight excluding hydrogens is 421 g/mol. The molecule has 0 unspecified atom stereocenters. The van der Waals surface area contributed by atoms with Gasteiger partial charge >= 0.3 is 6.18 Å². The molecule has 0 radical (unpaired) electrons. The van der Waals surface area contributed by atoms with Crippen molar-refractivity contribution in [2.75, 3.05) is 23.8 Å². The molecule has 0 saturated carbocycles. The van der Waals surface area contributed by atoms with Crippen molar-refractivity contribution >= 4 is 23.1 Å². The van der Waals surface area contributed by atoms with Gasteiger partial charge in [0.15, 0.2) is 0 Å². The van der Waals surface area contributed by atoms with Crippen molar-refractivity contribution in [3.05, 3.63) is 60.3 Å². The maximum atomic E-state index is 13.5. The highest BCUT2D eigenvalue weighted by atomic mass is 19.4. The number of benzene rings is 2. The fourth-order valence-corrected chi connectivity index (χ4v) is 2.74. The van der Waals surface area contributed by atoms with Crippen LogP contribution in [0, 0.1) is 5.92 Å². The first-order chi connectivity index (χ1) is 15.2. The minimum absolute atomic E-state index is 0.0253. The average Bonchev–Trinajstić information content (AvgIpc) is 2.73. The second-order valence-electron chi connectivity index (χ2n) is 7.39. The van der Waals surface area contributed by atoms with E-state index in [1.54, 1.807) is 48.5 Å². The monoisotopic (exact) mass is 446 g/mol. The number of nitrogens with one attached hydrogen (secondary N) is 2. The van der Waals surface area contributed by atoms with Crippen molar-refractivity contribution in [3.8, 4) is 11.5 Å². The van der Waals surface area contributed by atoms with Crippen LogP contribution in [0.25, 0.3) is 0 Å². The summed E-state index contributed by atoms with van der Waals surface area (Å²) < 4.78 is 51.6. The molecule has 2 N–H and O–H groups in total. The predicted octanol–water partition coefficient (Wildman–Crippen LogP) is 6.42. The van der Waals surface area contributed by atoms with Crippen LogP contribution in [-0.2, 0) is 6.18 Å². The van der Waals surface area contributed by atoms with Gasteiger partial charge in [-0.2, -0.15) is 18.2 Å².